The molecule has 204 valence electrons. The monoisotopic (exact) mass is 552 g/mol. The first kappa shape index (κ1) is 24.2. The Bertz CT molecular complexity index is 2420. The standard InChI is InChI=1S/C39H28N4/c1-39(2)23-21-32-35(39)36(29-17-10-12-25-11-6-7-15-27(25)29)41-38(40-32)43-34-18-9-8-16-28(34)30-19-20-33-31(37(30)43)22-24-42(33)26-13-4-3-5-14-26/h3-24H,1-2H3. The van der Waals surface area contributed by atoms with Crippen LogP contribution in [-0.4, -0.2) is 19.1 Å². The van der Waals surface area contributed by atoms with Gasteiger partial charge < -0.3 is 4.57 Å². The Morgan fingerprint density at radius 3 is 2.26 bits per heavy atom. The van der Waals surface area contributed by atoms with Crippen molar-refractivity contribution in [3.8, 4) is 22.9 Å². The molecule has 43 heavy (non-hydrogen) atoms. The van der Waals surface area contributed by atoms with E-state index in [1.54, 1.807) is 0 Å². The summed E-state index contributed by atoms with van der Waals surface area (Å²) in [6.07, 6.45) is 6.59. The molecule has 0 amide bonds. The number of aromatic nitrogens is 4. The highest BCUT2D eigenvalue weighted by Gasteiger charge is 2.32. The molecule has 1 aliphatic carbocycles. The summed E-state index contributed by atoms with van der Waals surface area (Å²) < 4.78 is 4.53. The summed E-state index contributed by atoms with van der Waals surface area (Å²) >= 11 is 0. The van der Waals surface area contributed by atoms with Crippen molar-refractivity contribution in [1.82, 2.24) is 19.1 Å². The van der Waals surface area contributed by atoms with Gasteiger partial charge >= 0.3 is 0 Å². The predicted molar refractivity (Wildman–Crippen MR) is 178 cm³/mol. The maximum atomic E-state index is 5.48. The second-order valence-corrected chi connectivity index (χ2v) is 12.0. The van der Waals surface area contributed by atoms with Crippen molar-refractivity contribution >= 4 is 49.6 Å². The second kappa shape index (κ2) is 8.76. The third kappa shape index (κ3) is 3.44. The molecule has 0 N–H and O–H groups in total. The summed E-state index contributed by atoms with van der Waals surface area (Å²) in [5.41, 5.74) is 8.62. The van der Waals surface area contributed by atoms with Crippen molar-refractivity contribution in [2.24, 2.45) is 0 Å². The second-order valence-electron chi connectivity index (χ2n) is 12.0. The van der Waals surface area contributed by atoms with Crippen molar-refractivity contribution in [1.29, 1.82) is 0 Å². The molecular formula is C39H28N4. The fourth-order valence-corrected chi connectivity index (χ4v) is 7.02. The first-order chi connectivity index (χ1) is 21.1. The Hall–Kier alpha value is -5.48. The Kier molecular flexibility index (Phi) is 4.92. The van der Waals surface area contributed by atoms with Crippen LogP contribution in [0, 0.1) is 0 Å². The third-order valence-electron chi connectivity index (χ3n) is 9.01. The third-order valence-corrected chi connectivity index (χ3v) is 9.01. The first-order valence-electron chi connectivity index (χ1n) is 14.8. The van der Waals surface area contributed by atoms with Gasteiger partial charge in [-0.05, 0) is 47.2 Å². The lowest BCUT2D eigenvalue weighted by atomic mass is 9.84. The number of fused-ring (bicyclic) bond motifs is 7. The maximum Gasteiger partial charge on any atom is 0.235 e. The zero-order valence-electron chi connectivity index (χ0n) is 24.0. The summed E-state index contributed by atoms with van der Waals surface area (Å²) in [5, 5.41) is 5.96. The molecule has 1 aliphatic rings. The molecule has 0 aliphatic heterocycles. The average Bonchev–Trinajstić information content (AvgIpc) is 3.72. The largest absolute Gasteiger partial charge is 0.316 e. The van der Waals surface area contributed by atoms with Gasteiger partial charge in [0.05, 0.1) is 27.9 Å². The quantitative estimate of drug-likeness (QED) is 0.219. The lowest BCUT2D eigenvalue weighted by Gasteiger charge is -2.22. The van der Waals surface area contributed by atoms with Crippen LogP contribution in [0.2, 0.25) is 0 Å². The molecule has 0 unspecified atom stereocenters. The van der Waals surface area contributed by atoms with E-state index in [0.29, 0.717) is 5.95 Å². The van der Waals surface area contributed by atoms with E-state index in [2.05, 4.69) is 157 Å². The van der Waals surface area contributed by atoms with Crippen LogP contribution in [0.25, 0.3) is 72.5 Å². The number of rotatable bonds is 3. The fourth-order valence-electron chi connectivity index (χ4n) is 7.02. The highest BCUT2D eigenvalue weighted by molar-refractivity contribution is 6.18. The van der Waals surface area contributed by atoms with Gasteiger partial charge in [-0.1, -0.05) is 105 Å². The highest BCUT2D eigenvalue weighted by atomic mass is 15.2. The molecule has 0 atom stereocenters. The lowest BCUT2D eigenvalue weighted by Crippen LogP contribution is -2.16. The molecular weight excluding hydrogens is 524 g/mol. The van der Waals surface area contributed by atoms with Gasteiger partial charge in [-0.15, -0.1) is 0 Å². The van der Waals surface area contributed by atoms with Crippen molar-refractivity contribution in [3.63, 3.8) is 0 Å². The zero-order chi connectivity index (χ0) is 28.7. The molecule has 0 saturated carbocycles. The number of benzene rings is 5. The smallest absolute Gasteiger partial charge is 0.235 e. The molecule has 8 aromatic rings. The van der Waals surface area contributed by atoms with Gasteiger partial charge in [-0.2, -0.15) is 0 Å². The Balaban J connectivity index is 1.40. The summed E-state index contributed by atoms with van der Waals surface area (Å²) in [4.78, 5) is 10.8. The lowest BCUT2D eigenvalue weighted by molar-refractivity contribution is 0.677. The molecule has 0 fully saturated rings. The van der Waals surface area contributed by atoms with Crippen LogP contribution in [0.5, 0.6) is 0 Å². The van der Waals surface area contributed by atoms with Crippen LogP contribution >= 0.6 is 0 Å². The summed E-state index contributed by atoms with van der Waals surface area (Å²) in [5.74, 6) is 0.690. The van der Waals surface area contributed by atoms with E-state index in [0.717, 1.165) is 39.2 Å². The average molecular weight is 553 g/mol. The molecule has 4 nitrogen and oxygen atoms in total. The van der Waals surface area contributed by atoms with E-state index in [9.17, 15) is 0 Å². The minimum absolute atomic E-state index is 0.179. The van der Waals surface area contributed by atoms with Crippen LogP contribution < -0.4 is 0 Å². The molecule has 0 saturated heterocycles. The van der Waals surface area contributed by atoms with Crippen LogP contribution in [0.15, 0.2) is 128 Å². The highest BCUT2D eigenvalue weighted by Crippen LogP contribution is 2.44. The molecule has 9 rings (SSSR count). The van der Waals surface area contributed by atoms with Crippen molar-refractivity contribution in [2.45, 2.75) is 19.3 Å². The van der Waals surface area contributed by atoms with Crippen LogP contribution in [-0.2, 0) is 5.41 Å². The molecule has 0 spiro atoms. The SMILES string of the molecule is CC1(C)C=Cc2nc(-n3c4ccccc4c4ccc5c(ccn5-c5ccccc5)c43)nc(-c3cccc4ccccc34)c21. The molecule has 5 aromatic carbocycles. The maximum absolute atomic E-state index is 5.48. The van der Waals surface area contributed by atoms with Crippen molar-refractivity contribution < 1.29 is 0 Å². The number of allylic oxidation sites excluding steroid dienone is 1. The molecule has 3 aromatic heterocycles. The number of hydrogen-bond donors (Lipinski definition) is 0. The predicted octanol–water partition coefficient (Wildman–Crippen LogP) is 9.64. The molecule has 4 heteroatoms. The van der Waals surface area contributed by atoms with E-state index in [1.165, 1.54) is 32.5 Å². The van der Waals surface area contributed by atoms with E-state index in [1.807, 2.05) is 0 Å². The van der Waals surface area contributed by atoms with E-state index in [4.69, 9.17) is 9.97 Å². The van der Waals surface area contributed by atoms with E-state index < -0.39 is 0 Å². The van der Waals surface area contributed by atoms with Gasteiger partial charge in [0.25, 0.3) is 0 Å². The summed E-state index contributed by atoms with van der Waals surface area (Å²) in [7, 11) is 0. The Morgan fingerprint density at radius 1 is 0.605 bits per heavy atom. The minimum atomic E-state index is -0.179. The van der Waals surface area contributed by atoms with Gasteiger partial charge in [0.15, 0.2) is 0 Å². The van der Waals surface area contributed by atoms with Gasteiger partial charge in [0.2, 0.25) is 5.95 Å². The van der Waals surface area contributed by atoms with Gasteiger partial charge in [0, 0.05) is 44.6 Å². The van der Waals surface area contributed by atoms with Gasteiger partial charge in [0.1, 0.15) is 0 Å². The van der Waals surface area contributed by atoms with Crippen LogP contribution in [0.3, 0.4) is 0 Å². The van der Waals surface area contributed by atoms with Crippen LogP contribution in [0.4, 0.5) is 0 Å². The number of para-hydroxylation sites is 2. The van der Waals surface area contributed by atoms with E-state index in [-0.39, 0.29) is 5.41 Å². The van der Waals surface area contributed by atoms with Crippen LogP contribution in [0.1, 0.15) is 25.1 Å². The van der Waals surface area contributed by atoms with Crippen molar-refractivity contribution in [3.05, 3.63) is 139 Å². The van der Waals surface area contributed by atoms with Gasteiger partial charge in [-0.3, -0.25) is 4.57 Å². The number of nitrogens with zero attached hydrogens (tertiary/aromatic N) is 4. The minimum Gasteiger partial charge on any atom is -0.316 e. The zero-order valence-corrected chi connectivity index (χ0v) is 24.0. The van der Waals surface area contributed by atoms with Crippen molar-refractivity contribution in [2.75, 3.05) is 0 Å². The Morgan fingerprint density at radius 2 is 1.37 bits per heavy atom. The molecule has 0 bridgehead atoms. The first-order valence-corrected chi connectivity index (χ1v) is 14.8. The molecule has 0 radical (unpaired) electrons. The van der Waals surface area contributed by atoms with E-state index >= 15 is 0 Å². The summed E-state index contributed by atoms with van der Waals surface area (Å²) in [6, 6.07) is 40.9. The number of hydrogen-bond acceptors (Lipinski definition) is 2. The topological polar surface area (TPSA) is 35.6 Å². The normalized spacial score (nSPS) is 13.9. The van der Waals surface area contributed by atoms with Gasteiger partial charge in [-0.25, -0.2) is 9.97 Å². The summed E-state index contributed by atoms with van der Waals surface area (Å²) in [6.45, 7) is 4.51. The Labute approximate surface area is 249 Å². The molecule has 3 heterocycles. The fraction of sp³-hybridized carbons (Fsp3) is 0.0769.